The van der Waals surface area contributed by atoms with E-state index in [0.717, 1.165) is 52.1 Å². The molecule has 18 heteroatoms. The molecule has 2 fully saturated rings. The fourth-order valence-corrected chi connectivity index (χ4v) is 6.84. The molecular formula is C41H53ClN8O9. The van der Waals surface area contributed by atoms with E-state index in [9.17, 15) is 24.3 Å². The van der Waals surface area contributed by atoms with Crippen molar-refractivity contribution in [2.75, 3.05) is 91.2 Å². The van der Waals surface area contributed by atoms with Crippen molar-refractivity contribution in [3.8, 4) is 5.75 Å². The molecule has 6 N–H and O–H groups in total. The van der Waals surface area contributed by atoms with Gasteiger partial charge < -0.3 is 35.3 Å². The molecule has 318 valence electrons. The van der Waals surface area contributed by atoms with Gasteiger partial charge in [0, 0.05) is 61.5 Å². The molecule has 0 bridgehead atoms. The van der Waals surface area contributed by atoms with Crippen molar-refractivity contribution in [3.05, 3.63) is 87.4 Å². The van der Waals surface area contributed by atoms with Crippen LogP contribution in [0.4, 0.5) is 11.4 Å². The van der Waals surface area contributed by atoms with Crippen LogP contribution in [0.3, 0.4) is 0 Å². The number of ether oxygens (including phenoxy) is 3. The van der Waals surface area contributed by atoms with Crippen molar-refractivity contribution in [3.63, 3.8) is 0 Å². The van der Waals surface area contributed by atoms with Gasteiger partial charge in [0.2, 0.25) is 6.04 Å². The molecule has 2 unspecified atom stereocenters. The van der Waals surface area contributed by atoms with Crippen LogP contribution >= 0.6 is 11.6 Å². The number of hydrogen-bond donors (Lipinski definition) is 5. The fraction of sp³-hybridized carbons (Fsp3) is 0.463. The van der Waals surface area contributed by atoms with Gasteiger partial charge in [-0.25, -0.2) is 5.90 Å². The Labute approximate surface area is 348 Å². The molecule has 2 aliphatic rings. The number of azo groups is 1. The molecule has 0 saturated carbocycles. The topological polar surface area (TPSA) is 219 Å². The standard InChI is InChI=1S/C41H53ClN8O9/c1-27(52)37(41(55)46-35-24-32(26-51)34(42)25-36(35)56-2)48-47-33-7-5-28(6-8-33)38(59-43)29-21-30(39(53)44-9-3-11-49-13-17-57-18-14-49)23-31(22-29)40(54)45-10-4-12-50-15-19-58-20-16-50/h5-8,21-25,37-38,51H,3-4,9-20,26,43H2,1-2H3,(H,44,53)(H,45,54)(H,46,55)/b48-47-. The predicted molar refractivity (Wildman–Crippen MR) is 220 cm³/mol. The summed E-state index contributed by atoms with van der Waals surface area (Å²) in [4.78, 5) is 62.7. The molecule has 3 aromatic carbocycles. The first-order chi connectivity index (χ1) is 28.6. The number of nitrogens with one attached hydrogen (secondary N) is 3. The second kappa shape index (κ2) is 23.1. The number of anilines is 1. The highest BCUT2D eigenvalue weighted by molar-refractivity contribution is 6.31. The molecule has 59 heavy (non-hydrogen) atoms. The smallest absolute Gasteiger partial charge is 0.258 e. The number of carbonyl (C=O) groups is 4. The quantitative estimate of drug-likeness (QED) is 0.0479. The SMILES string of the molecule is COc1cc(Cl)c(CO)cc1NC(=O)C(/N=N\c1ccc(C(ON)c2cc(C(=O)NCCCN3CCOCC3)cc(C(=O)NCCCN3CCOCC3)c2)cc1)C(C)=O. The number of amides is 3. The molecule has 0 aliphatic carbocycles. The summed E-state index contributed by atoms with van der Waals surface area (Å²) in [5, 5.41) is 26.6. The van der Waals surface area contributed by atoms with E-state index in [1.165, 1.54) is 26.2 Å². The number of Topliss-reactive ketones (excluding diaryl/α,β-unsaturated/α-hetero) is 1. The molecule has 0 radical (unpaired) electrons. The molecule has 5 rings (SSSR count). The molecule has 2 heterocycles. The summed E-state index contributed by atoms with van der Waals surface area (Å²) in [5.74, 6) is 4.08. The Morgan fingerprint density at radius 1 is 0.847 bits per heavy atom. The largest absolute Gasteiger partial charge is 0.495 e. The first kappa shape index (κ1) is 45.2. The Bertz CT molecular complexity index is 1860. The number of halogens is 1. The zero-order valence-electron chi connectivity index (χ0n) is 33.4. The number of carbonyl (C=O) groups excluding carboxylic acids is 4. The molecule has 0 spiro atoms. The number of methoxy groups -OCH3 is 1. The minimum atomic E-state index is -1.50. The van der Waals surface area contributed by atoms with Crippen molar-refractivity contribution in [2.45, 2.75) is 38.5 Å². The Morgan fingerprint density at radius 3 is 1.90 bits per heavy atom. The number of hydrogen-bond acceptors (Lipinski definition) is 14. The molecular weight excluding hydrogens is 784 g/mol. The normalized spacial score (nSPS) is 16.0. The van der Waals surface area contributed by atoms with Crippen molar-refractivity contribution in [1.82, 2.24) is 20.4 Å². The van der Waals surface area contributed by atoms with Crippen molar-refractivity contribution in [2.24, 2.45) is 16.1 Å². The van der Waals surface area contributed by atoms with Crippen LogP contribution in [0.25, 0.3) is 0 Å². The van der Waals surface area contributed by atoms with E-state index in [4.69, 9.17) is 36.5 Å². The maximum Gasteiger partial charge on any atom is 0.258 e. The van der Waals surface area contributed by atoms with Gasteiger partial charge in [0.05, 0.1) is 51.5 Å². The average molecular weight is 837 g/mol. The highest BCUT2D eigenvalue weighted by Crippen LogP contribution is 2.32. The van der Waals surface area contributed by atoms with Crippen LogP contribution < -0.4 is 26.6 Å². The lowest BCUT2D eigenvalue weighted by Gasteiger charge is -2.26. The van der Waals surface area contributed by atoms with Crippen LogP contribution in [0.15, 0.2) is 64.8 Å². The van der Waals surface area contributed by atoms with E-state index in [0.29, 0.717) is 61.9 Å². The summed E-state index contributed by atoms with van der Waals surface area (Å²) in [6, 6.07) is 12.8. The summed E-state index contributed by atoms with van der Waals surface area (Å²) in [5.41, 5.74) is 2.45. The third-order valence-electron chi connectivity index (χ3n) is 9.91. The minimum Gasteiger partial charge on any atom is -0.495 e. The number of ketones is 1. The summed E-state index contributed by atoms with van der Waals surface area (Å²) in [6.07, 6.45) is 0.609. The van der Waals surface area contributed by atoms with Crippen LogP contribution in [0.1, 0.15) is 63.3 Å². The summed E-state index contributed by atoms with van der Waals surface area (Å²) in [6.45, 7) is 9.61. The number of nitrogens with zero attached hydrogens (tertiary/aromatic N) is 4. The summed E-state index contributed by atoms with van der Waals surface area (Å²) in [7, 11) is 1.39. The van der Waals surface area contributed by atoms with Gasteiger partial charge in [0.25, 0.3) is 17.7 Å². The van der Waals surface area contributed by atoms with Gasteiger partial charge in [0.15, 0.2) is 5.78 Å². The lowest BCUT2D eigenvalue weighted by Crippen LogP contribution is -2.38. The van der Waals surface area contributed by atoms with E-state index in [2.05, 4.69) is 36.0 Å². The van der Waals surface area contributed by atoms with E-state index in [-0.39, 0.29) is 46.0 Å². The fourth-order valence-electron chi connectivity index (χ4n) is 6.62. The first-order valence-electron chi connectivity index (χ1n) is 19.6. The predicted octanol–water partition coefficient (Wildman–Crippen LogP) is 3.40. The average Bonchev–Trinajstić information content (AvgIpc) is 3.25. The van der Waals surface area contributed by atoms with Crippen molar-refractivity contribution < 1.29 is 43.3 Å². The third-order valence-corrected chi connectivity index (χ3v) is 10.3. The van der Waals surface area contributed by atoms with E-state index in [1.807, 2.05) is 0 Å². The molecule has 0 aromatic heterocycles. The van der Waals surface area contributed by atoms with Gasteiger partial charge in [-0.15, -0.1) is 0 Å². The highest BCUT2D eigenvalue weighted by Gasteiger charge is 2.25. The molecule has 3 aromatic rings. The second-order valence-corrected chi connectivity index (χ2v) is 14.5. The van der Waals surface area contributed by atoms with Crippen LogP contribution in [-0.2, 0) is 30.5 Å². The van der Waals surface area contributed by atoms with E-state index < -0.39 is 23.8 Å². The maximum absolute atomic E-state index is 13.5. The van der Waals surface area contributed by atoms with Crippen LogP contribution in [0.2, 0.25) is 5.02 Å². The number of rotatable bonds is 20. The molecule has 3 amide bonds. The first-order valence-corrected chi connectivity index (χ1v) is 19.9. The van der Waals surface area contributed by atoms with Gasteiger partial charge in [0.1, 0.15) is 11.9 Å². The third kappa shape index (κ3) is 13.3. The number of benzene rings is 3. The highest BCUT2D eigenvalue weighted by atomic mass is 35.5. The minimum absolute atomic E-state index is 0.194. The molecule has 2 saturated heterocycles. The Morgan fingerprint density at radius 2 is 1.41 bits per heavy atom. The van der Waals surface area contributed by atoms with Crippen molar-refractivity contribution in [1.29, 1.82) is 0 Å². The van der Waals surface area contributed by atoms with Gasteiger partial charge in [-0.05, 0) is 85.9 Å². The zero-order chi connectivity index (χ0) is 42.1. The Balaban J connectivity index is 1.29. The number of nitrogens with two attached hydrogens (primary N) is 1. The second-order valence-electron chi connectivity index (χ2n) is 14.1. The van der Waals surface area contributed by atoms with Crippen LogP contribution in [0.5, 0.6) is 5.75 Å². The summed E-state index contributed by atoms with van der Waals surface area (Å²) < 4.78 is 16.1. The Kier molecular flexibility index (Phi) is 17.7. The van der Waals surface area contributed by atoms with Gasteiger partial charge in [-0.1, -0.05) is 23.7 Å². The molecule has 2 atom stereocenters. The maximum atomic E-state index is 13.5. The van der Waals surface area contributed by atoms with Gasteiger partial charge in [-0.2, -0.15) is 10.2 Å². The lowest BCUT2D eigenvalue weighted by atomic mass is 9.96. The summed E-state index contributed by atoms with van der Waals surface area (Å²) >= 11 is 6.15. The van der Waals surface area contributed by atoms with E-state index >= 15 is 0 Å². The van der Waals surface area contributed by atoms with Gasteiger partial charge >= 0.3 is 0 Å². The van der Waals surface area contributed by atoms with Crippen molar-refractivity contribution >= 4 is 46.5 Å². The van der Waals surface area contributed by atoms with Crippen LogP contribution in [-0.4, -0.2) is 130 Å². The monoisotopic (exact) mass is 836 g/mol. The lowest BCUT2D eigenvalue weighted by molar-refractivity contribution is -0.126. The van der Waals surface area contributed by atoms with Crippen LogP contribution in [0, 0.1) is 0 Å². The molecule has 2 aliphatic heterocycles. The number of aliphatic hydroxyl groups is 1. The van der Waals surface area contributed by atoms with Gasteiger partial charge in [-0.3, -0.25) is 33.8 Å². The van der Waals surface area contributed by atoms with E-state index in [1.54, 1.807) is 42.5 Å². The zero-order valence-corrected chi connectivity index (χ0v) is 34.2. The Hall–Kier alpha value is -4.85. The number of aliphatic hydroxyl groups excluding tert-OH is 1. The molecule has 17 nitrogen and oxygen atoms in total. The number of morpholine rings is 2.